The molecule has 0 radical (unpaired) electrons. The minimum absolute atomic E-state index is 0.298. The highest BCUT2D eigenvalue weighted by Crippen LogP contribution is 2.27. The first-order valence-corrected chi connectivity index (χ1v) is 6.78. The second-order valence-corrected chi connectivity index (χ2v) is 4.87. The van der Waals surface area contributed by atoms with Crippen LogP contribution in [0.15, 0.2) is 28.7 Å². The van der Waals surface area contributed by atoms with Crippen molar-refractivity contribution in [2.45, 2.75) is 18.9 Å². The predicted octanol–water partition coefficient (Wildman–Crippen LogP) is 3.30. The number of aromatic nitrogens is 1. The summed E-state index contributed by atoms with van der Waals surface area (Å²) in [5.41, 5.74) is 1.27. The van der Waals surface area contributed by atoms with E-state index in [1.165, 1.54) is 0 Å². The van der Waals surface area contributed by atoms with Crippen molar-refractivity contribution in [1.29, 1.82) is 5.26 Å². The van der Waals surface area contributed by atoms with E-state index in [0.29, 0.717) is 23.5 Å². The maximum absolute atomic E-state index is 9.07. The van der Waals surface area contributed by atoms with E-state index in [9.17, 15) is 0 Å². The second kappa shape index (κ2) is 5.71. The molecule has 1 fully saturated rings. The van der Waals surface area contributed by atoms with Crippen LogP contribution in [0.5, 0.6) is 5.75 Å². The van der Waals surface area contributed by atoms with Crippen LogP contribution in [0.4, 0.5) is 5.88 Å². The summed E-state index contributed by atoms with van der Waals surface area (Å²) < 4.78 is 10.7. The molecule has 3 rings (SSSR count). The Balaban J connectivity index is 1.78. The van der Waals surface area contributed by atoms with Crippen molar-refractivity contribution in [2.24, 2.45) is 0 Å². The molecular formula is C16H15N3O2. The van der Waals surface area contributed by atoms with Crippen LogP contribution in [0, 0.1) is 11.3 Å². The molecule has 2 aromatic rings. The molecule has 0 atom stereocenters. The average Bonchev–Trinajstić information content (AvgIpc) is 3.24. The van der Waals surface area contributed by atoms with Gasteiger partial charge in [0.1, 0.15) is 11.8 Å². The zero-order chi connectivity index (χ0) is 14.7. The van der Waals surface area contributed by atoms with Crippen molar-refractivity contribution in [2.75, 3.05) is 12.4 Å². The van der Waals surface area contributed by atoms with Gasteiger partial charge in [0.2, 0.25) is 17.5 Å². The third-order valence-electron chi connectivity index (χ3n) is 3.17. The number of rotatable bonds is 5. The Bertz CT molecular complexity index is 709. The molecule has 0 spiro atoms. The first kappa shape index (κ1) is 13.3. The first-order valence-electron chi connectivity index (χ1n) is 6.78. The fraction of sp³-hybridized carbons (Fsp3) is 0.250. The largest absolute Gasteiger partial charge is 0.497 e. The first-order chi connectivity index (χ1) is 10.3. The summed E-state index contributed by atoms with van der Waals surface area (Å²) in [5, 5.41) is 12.2. The number of nitrogens with zero attached hydrogens (tertiary/aromatic N) is 2. The number of oxazole rings is 1. The standard InChI is InChI=1S/C16H15N3O2/c1-20-13-4-2-3-11(9-13)5-8-15-19-14(10-17)16(21-15)18-12-6-7-12/h2-5,8-9,12,18H,6-7H2,1H3. The van der Waals surface area contributed by atoms with Crippen molar-refractivity contribution < 1.29 is 9.15 Å². The highest BCUT2D eigenvalue weighted by molar-refractivity contribution is 5.67. The second-order valence-electron chi connectivity index (χ2n) is 4.87. The van der Waals surface area contributed by atoms with Crippen LogP contribution < -0.4 is 10.1 Å². The molecule has 1 aliphatic carbocycles. The highest BCUT2D eigenvalue weighted by Gasteiger charge is 2.24. The van der Waals surface area contributed by atoms with Gasteiger partial charge in [0, 0.05) is 12.1 Å². The lowest BCUT2D eigenvalue weighted by Gasteiger charge is -1.99. The Morgan fingerprint density at radius 2 is 2.29 bits per heavy atom. The molecule has 0 aliphatic heterocycles. The lowest BCUT2D eigenvalue weighted by Crippen LogP contribution is -2.00. The molecule has 1 aliphatic rings. The fourth-order valence-corrected chi connectivity index (χ4v) is 1.91. The summed E-state index contributed by atoms with van der Waals surface area (Å²) in [7, 11) is 1.63. The quantitative estimate of drug-likeness (QED) is 0.910. The molecular weight excluding hydrogens is 266 g/mol. The number of hydrogen-bond donors (Lipinski definition) is 1. The molecule has 0 saturated heterocycles. The minimum Gasteiger partial charge on any atom is -0.497 e. The van der Waals surface area contributed by atoms with Crippen LogP contribution in [0.2, 0.25) is 0 Å². The number of anilines is 1. The number of hydrogen-bond acceptors (Lipinski definition) is 5. The van der Waals surface area contributed by atoms with Crippen LogP contribution in [0.25, 0.3) is 12.2 Å². The molecule has 1 saturated carbocycles. The highest BCUT2D eigenvalue weighted by atomic mass is 16.5. The van der Waals surface area contributed by atoms with Gasteiger partial charge in [-0.1, -0.05) is 12.1 Å². The molecule has 1 heterocycles. The summed E-state index contributed by atoms with van der Waals surface area (Å²) in [6.45, 7) is 0. The summed E-state index contributed by atoms with van der Waals surface area (Å²) in [4.78, 5) is 4.16. The number of nitrogens with one attached hydrogen (secondary N) is 1. The average molecular weight is 281 g/mol. The maximum atomic E-state index is 9.07. The van der Waals surface area contributed by atoms with Gasteiger partial charge in [-0.15, -0.1) is 0 Å². The third-order valence-corrected chi connectivity index (χ3v) is 3.17. The lowest BCUT2D eigenvalue weighted by atomic mass is 10.2. The van der Waals surface area contributed by atoms with Gasteiger partial charge in [-0.2, -0.15) is 10.2 Å². The van der Waals surface area contributed by atoms with Gasteiger partial charge >= 0.3 is 0 Å². The molecule has 1 N–H and O–H groups in total. The molecule has 1 aromatic carbocycles. The van der Waals surface area contributed by atoms with Crippen molar-refractivity contribution in [3.8, 4) is 11.8 Å². The molecule has 0 bridgehead atoms. The number of nitriles is 1. The maximum Gasteiger partial charge on any atom is 0.232 e. The zero-order valence-corrected chi connectivity index (χ0v) is 11.7. The topological polar surface area (TPSA) is 71.1 Å². The van der Waals surface area contributed by atoms with E-state index in [0.717, 1.165) is 24.2 Å². The molecule has 1 aromatic heterocycles. The van der Waals surface area contributed by atoms with Gasteiger partial charge in [-0.25, -0.2) is 0 Å². The van der Waals surface area contributed by atoms with Crippen molar-refractivity contribution >= 4 is 18.0 Å². The van der Waals surface area contributed by atoms with Gasteiger partial charge in [-0.05, 0) is 36.6 Å². The summed E-state index contributed by atoms with van der Waals surface area (Å²) in [6.07, 6.45) is 5.84. The van der Waals surface area contributed by atoms with Gasteiger partial charge in [0.25, 0.3) is 0 Å². The van der Waals surface area contributed by atoms with Crippen molar-refractivity contribution in [1.82, 2.24) is 4.98 Å². The van der Waals surface area contributed by atoms with Crippen LogP contribution in [0.1, 0.15) is 30.0 Å². The number of ether oxygens (including phenoxy) is 1. The Labute approximate surface area is 122 Å². The summed E-state index contributed by atoms with van der Waals surface area (Å²) in [6, 6.07) is 10.1. The van der Waals surface area contributed by atoms with E-state index in [4.69, 9.17) is 14.4 Å². The zero-order valence-electron chi connectivity index (χ0n) is 11.7. The van der Waals surface area contributed by atoms with Crippen molar-refractivity contribution in [3.63, 3.8) is 0 Å². The van der Waals surface area contributed by atoms with E-state index in [-0.39, 0.29) is 0 Å². The smallest absolute Gasteiger partial charge is 0.232 e. The Hall–Kier alpha value is -2.74. The van der Waals surface area contributed by atoms with Crippen LogP contribution in [-0.4, -0.2) is 18.1 Å². The summed E-state index contributed by atoms with van der Waals surface area (Å²) in [5.74, 6) is 1.67. The van der Waals surface area contributed by atoms with Gasteiger partial charge in [0.05, 0.1) is 7.11 Å². The molecule has 106 valence electrons. The van der Waals surface area contributed by atoms with Crippen LogP contribution in [-0.2, 0) is 0 Å². The Morgan fingerprint density at radius 3 is 3.00 bits per heavy atom. The lowest BCUT2D eigenvalue weighted by molar-refractivity contribution is 0.414. The monoisotopic (exact) mass is 281 g/mol. The summed E-state index contributed by atoms with van der Waals surface area (Å²) >= 11 is 0. The predicted molar refractivity (Wildman–Crippen MR) is 79.8 cm³/mol. The molecule has 5 heteroatoms. The third kappa shape index (κ3) is 3.23. The molecule has 0 amide bonds. The molecule has 0 unspecified atom stereocenters. The normalized spacial score (nSPS) is 14.1. The van der Waals surface area contributed by atoms with E-state index < -0.39 is 0 Å². The molecule has 5 nitrogen and oxygen atoms in total. The van der Waals surface area contributed by atoms with Gasteiger partial charge in [0.15, 0.2) is 0 Å². The fourth-order valence-electron chi connectivity index (χ4n) is 1.91. The SMILES string of the molecule is COc1cccc(C=Cc2nc(C#N)c(NC3CC3)o2)c1. The molecule has 21 heavy (non-hydrogen) atoms. The van der Waals surface area contributed by atoms with E-state index in [1.807, 2.05) is 36.4 Å². The van der Waals surface area contributed by atoms with Gasteiger partial charge < -0.3 is 14.5 Å². The Kier molecular flexibility index (Phi) is 3.61. The van der Waals surface area contributed by atoms with Crippen LogP contribution >= 0.6 is 0 Å². The van der Waals surface area contributed by atoms with Gasteiger partial charge in [-0.3, -0.25) is 0 Å². The van der Waals surface area contributed by atoms with Crippen molar-refractivity contribution in [3.05, 3.63) is 41.4 Å². The van der Waals surface area contributed by atoms with Crippen LogP contribution in [0.3, 0.4) is 0 Å². The minimum atomic E-state index is 0.298. The van der Waals surface area contributed by atoms with E-state index in [2.05, 4.69) is 10.3 Å². The number of methoxy groups -OCH3 is 1. The van der Waals surface area contributed by atoms with E-state index >= 15 is 0 Å². The van der Waals surface area contributed by atoms with E-state index in [1.54, 1.807) is 13.2 Å². The Morgan fingerprint density at radius 1 is 1.43 bits per heavy atom. The number of benzene rings is 1.